The Balaban J connectivity index is 2.16. The monoisotopic (exact) mass is 588 g/mol. The van der Waals surface area contributed by atoms with Crippen LogP contribution in [0.5, 0.6) is 0 Å². The van der Waals surface area contributed by atoms with Gasteiger partial charge in [-0.25, -0.2) is 9.13 Å². The third kappa shape index (κ3) is 23.6. The van der Waals surface area contributed by atoms with E-state index in [1.807, 2.05) is 0 Å². The quantitative estimate of drug-likeness (QED) is 0.0560. The van der Waals surface area contributed by atoms with Gasteiger partial charge < -0.3 is 0 Å². The second-order valence-corrected chi connectivity index (χ2v) is 13.8. The molecule has 0 aliphatic rings. The SMILES string of the molecule is CCCCCCCCCCCCCCCCCC[n+]1ccn(CCCCCC)c1CCCCCCCCCCCCC. The van der Waals surface area contributed by atoms with E-state index < -0.39 is 0 Å². The average molecular weight is 588 g/mol. The van der Waals surface area contributed by atoms with Gasteiger partial charge in [-0.2, -0.15) is 0 Å². The van der Waals surface area contributed by atoms with Crippen molar-refractivity contribution in [3.8, 4) is 0 Å². The fourth-order valence-corrected chi connectivity index (χ4v) is 6.68. The van der Waals surface area contributed by atoms with Crippen LogP contribution >= 0.6 is 0 Å². The number of imidazole rings is 1. The largest absolute Gasteiger partial charge is 0.256 e. The molecule has 1 aromatic rings. The Hall–Kier alpha value is -0.790. The predicted octanol–water partition coefficient (Wildman–Crippen LogP) is 13.5. The first kappa shape index (κ1) is 39.2. The first-order valence-electron chi connectivity index (χ1n) is 19.9. The van der Waals surface area contributed by atoms with Gasteiger partial charge in [-0.05, 0) is 32.1 Å². The molecule has 1 rings (SSSR count). The Morgan fingerprint density at radius 2 is 0.738 bits per heavy atom. The maximum absolute atomic E-state index is 2.62. The van der Waals surface area contributed by atoms with E-state index >= 15 is 0 Å². The zero-order chi connectivity index (χ0) is 30.2. The van der Waals surface area contributed by atoms with E-state index in [1.54, 1.807) is 5.82 Å². The zero-order valence-corrected chi connectivity index (χ0v) is 29.6. The summed E-state index contributed by atoms with van der Waals surface area (Å²) in [6.45, 7) is 9.39. The van der Waals surface area contributed by atoms with Crippen LogP contribution in [0.1, 0.15) is 226 Å². The van der Waals surface area contributed by atoms with Crippen LogP contribution in [-0.4, -0.2) is 4.57 Å². The number of rotatable bonds is 34. The summed E-state index contributed by atoms with van der Waals surface area (Å²) in [4.78, 5) is 0. The molecule has 0 N–H and O–H groups in total. The molecule has 0 unspecified atom stereocenters. The minimum atomic E-state index is 1.22. The summed E-state index contributed by atoms with van der Waals surface area (Å²) in [7, 11) is 0. The van der Waals surface area contributed by atoms with Crippen LogP contribution in [0.4, 0.5) is 0 Å². The van der Waals surface area contributed by atoms with Gasteiger partial charge in [-0.15, -0.1) is 0 Å². The third-order valence-electron chi connectivity index (χ3n) is 9.60. The summed E-state index contributed by atoms with van der Waals surface area (Å²) in [5, 5.41) is 0. The first-order chi connectivity index (χ1) is 20.8. The van der Waals surface area contributed by atoms with Gasteiger partial charge >= 0.3 is 0 Å². The van der Waals surface area contributed by atoms with Crippen molar-refractivity contribution >= 4 is 0 Å². The van der Waals surface area contributed by atoms with Crippen LogP contribution in [0.25, 0.3) is 0 Å². The number of unbranched alkanes of at least 4 members (excludes halogenated alkanes) is 28. The molecule has 2 heteroatoms. The Kier molecular flexibility index (Phi) is 29.5. The summed E-state index contributed by atoms with van der Waals surface area (Å²) in [6, 6.07) is 0. The van der Waals surface area contributed by atoms with E-state index in [9.17, 15) is 0 Å². The van der Waals surface area contributed by atoms with Crippen molar-refractivity contribution in [2.75, 3.05) is 0 Å². The van der Waals surface area contributed by atoms with Gasteiger partial charge in [0.1, 0.15) is 12.4 Å². The Labute approximate surface area is 266 Å². The number of aryl methyl sites for hydroxylation is 2. The van der Waals surface area contributed by atoms with Crippen molar-refractivity contribution < 1.29 is 4.57 Å². The lowest BCUT2D eigenvalue weighted by molar-refractivity contribution is -0.704. The predicted molar refractivity (Wildman–Crippen MR) is 188 cm³/mol. The Bertz CT molecular complexity index is 648. The summed E-state index contributed by atoms with van der Waals surface area (Å²) in [6.07, 6.45) is 50.4. The van der Waals surface area contributed by atoms with Gasteiger partial charge in [-0.1, -0.05) is 188 Å². The fourth-order valence-electron chi connectivity index (χ4n) is 6.68. The van der Waals surface area contributed by atoms with Gasteiger partial charge in [0.2, 0.25) is 0 Å². The summed E-state index contributed by atoms with van der Waals surface area (Å²) >= 11 is 0. The van der Waals surface area contributed by atoms with Crippen LogP contribution in [0.3, 0.4) is 0 Å². The molecule has 2 nitrogen and oxygen atoms in total. The summed E-state index contributed by atoms with van der Waals surface area (Å²) < 4.78 is 5.23. The highest BCUT2D eigenvalue weighted by Crippen LogP contribution is 2.15. The van der Waals surface area contributed by atoms with Crippen molar-refractivity contribution in [1.82, 2.24) is 4.57 Å². The first-order valence-corrected chi connectivity index (χ1v) is 19.9. The molecule has 1 heterocycles. The molecule has 0 spiro atoms. The molecule has 0 saturated heterocycles. The molecular weight excluding hydrogens is 508 g/mol. The third-order valence-corrected chi connectivity index (χ3v) is 9.60. The zero-order valence-electron chi connectivity index (χ0n) is 29.6. The van der Waals surface area contributed by atoms with Gasteiger partial charge in [0.15, 0.2) is 0 Å². The molecule has 42 heavy (non-hydrogen) atoms. The van der Waals surface area contributed by atoms with Crippen LogP contribution in [0.2, 0.25) is 0 Å². The lowest BCUT2D eigenvalue weighted by Gasteiger charge is -2.07. The molecule has 0 amide bonds. The van der Waals surface area contributed by atoms with E-state index in [4.69, 9.17) is 0 Å². The summed E-state index contributed by atoms with van der Waals surface area (Å²) in [5.41, 5.74) is 0. The van der Waals surface area contributed by atoms with Gasteiger partial charge in [0, 0.05) is 6.42 Å². The smallest absolute Gasteiger partial charge is 0.234 e. The van der Waals surface area contributed by atoms with E-state index in [0.29, 0.717) is 0 Å². The molecule has 248 valence electrons. The normalized spacial score (nSPS) is 11.6. The lowest BCUT2D eigenvalue weighted by Crippen LogP contribution is -2.37. The number of hydrogen-bond donors (Lipinski definition) is 0. The molecular formula is C40H79N2+. The highest BCUT2D eigenvalue weighted by Gasteiger charge is 2.16. The van der Waals surface area contributed by atoms with Crippen molar-refractivity contribution in [3.63, 3.8) is 0 Å². The minimum absolute atomic E-state index is 1.22. The standard InChI is InChI=1S/C40H79N2/c1-4-7-10-13-15-17-19-20-21-22-23-25-27-29-31-34-37-42-39-38-41(36-33-12-9-6-3)40(42)35-32-30-28-26-24-18-16-14-11-8-5-2/h38-39H,4-37H2,1-3H3/q+1. The maximum atomic E-state index is 2.62. The Morgan fingerprint density at radius 1 is 0.405 bits per heavy atom. The van der Waals surface area contributed by atoms with E-state index in [2.05, 4.69) is 42.3 Å². The molecule has 0 radical (unpaired) electrons. The second-order valence-electron chi connectivity index (χ2n) is 13.8. The van der Waals surface area contributed by atoms with E-state index in [-0.39, 0.29) is 0 Å². The number of nitrogens with zero attached hydrogens (tertiary/aromatic N) is 2. The topological polar surface area (TPSA) is 8.81 Å². The second kappa shape index (κ2) is 31.6. The van der Waals surface area contributed by atoms with Crippen molar-refractivity contribution in [2.24, 2.45) is 0 Å². The van der Waals surface area contributed by atoms with Crippen molar-refractivity contribution in [3.05, 3.63) is 18.2 Å². The van der Waals surface area contributed by atoms with Crippen LogP contribution in [0.15, 0.2) is 12.4 Å². The van der Waals surface area contributed by atoms with Crippen molar-refractivity contribution in [2.45, 2.75) is 239 Å². The lowest BCUT2D eigenvalue weighted by atomic mass is 10.0. The Morgan fingerprint density at radius 3 is 1.14 bits per heavy atom. The molecule has 0 aromatic carbocycles. The molecule has 0 aliphatic heterocycles. The molecule has 0 fully saturated rings. The molecule has 0 saturated carbocycles. The summed E-state index contributed by atoms with van der Waals surface area (Å²) in [5.74, 6) is 1.61. The molecule has 0 aliphatic carbocycles. The van der Waals surface area contributed by atoms with Gasteiger partial charge in [0.05, 0.1) is 13.1 Å². The highest BCUT2D eigenvalue weighted by atomic mass is 15.1. The maximum Gasteiger partial charge on any atom is 0.256 e. The van der Waals surface area contributed by atoms with Crippen LogP contribution in [-0.2, 0) is 19.5 Å². The van der Waals surface area contributed by atoms with Crippen LogP contribution < -0.4 is 4.57 Å². The molecule has 0 bridgehead atoms. The van der Waals surface area contributed by atoms with Crippen LogP contribution in [0, 0.1) is 0 Å². The molecule has 1 aromatic heterocycles. The van der Waals surface area contributed by atoms with Gasteiger partial charge in [0.25, 0.3) is 5.82 Å². The average Bonchev–Trinajstić information content (AvgIpc) is 3.38. The van der Waals surface area contributed by atoms with E-state index in [0.717, 1.165) is 0 Å². The fraction of sp³-hybridized carbons (Fsp3) is 0.925. The highest BCUT2D eigenvalue weighted by molar-refractivity contribution is 4.84. The molecule has 0 atom stereocenters. The van der Waals surface area contributed by atoms with Gasteiger partial charge in [-0.3, -0.25) is 0 Å². The number of aromatic nitrogens is 2. The number of hydrogen-bond acceptors (Lipinski definition) is 0. The minimum Gasteiger partial charge on any atom is -0.234 e. The van der Waals surface area contributed by atoms with E-state index in [1.165, 1.54) is 219 Å². The van der Waals surface area contributed by atoms with Crippen molar-refractivity contribution in [1.29, 1.82) is 0 Å².